The lowest BCUT2D eigenvalue weighted by molar-refractivity contribution is -0.121. The number of amides is 2. The van der Waals surface area contributed by atoms with Crippen LogP contribution in [0.2, 0.25) is 0 Å². The lowest BCUT2D eigenvalue weighted by Gasteiger charge is -2.31. The Bertz CT molecular complexity index is 830. The van der Waals surface area contributed by atoms with E-state index < -0.39 is 0 Å². The third-order valence-corrected chi connectivity index (χ3v) is 6.89. The number of carbonyl (C=O) groups excluding carboxylic acids is 2. The Morgan fingerprint density at radius 1 is 1.19 bits per heavy atom. The van der Waals surface area contributed by atoms with Crippen molar-refractivity contribution in [1.82, 2.24) is 4.90 Å². The summed E-state index contributed by atoms with van der Waals surface area (Å²) in [5, 5.41) is 2.98. The first-order valence-electron chi connectivity index (χ1n) is 9.87. The van der Waals surface area contributed by atoms with Crippen LogP contribution in [0.25, 0.3) is 0 Å². The first-order valence-corrected chi connectivity index (χ1v) is 10.7. The fourth-order valence-electron chi connectivity index (χ4n) is 4.11. The lowest BCUT2D eigenvalue weighted by atomic mass is 9.90. The van der Waals surface area contributed by atoms with E-state index in [9.17, 15) is 9.59 Å². The van der Waals surface area contributed by atoms with Crippen LogP contribution in [0.1, 0.15) is 46.3 Å². The van der Waals surface area contributed by atoms with E-state index in [-0.39, 0.29) is 17.7 Å². The van der Waals surface area contributed by atoms with Crippen molar-refractivity contribution in [3.63, 3.8) is 0 Å². The molecule has 1 fully saturated rings. The first kappa shape index (κ1) is 18.2. The number of benzene rings is 1. The third-order valence-electron chi connectivity index (χ3n) is 5.66. The van der Waals surface area contributed by atoms with Crippen molar-refractivity contribution in [3.05, 3.63) is 51.7 Å². The number of nitrogens with zero attached hydrogens (tertiary/aromatic N) is 1. The number of anilines is 1. The van der Waals surface area contributed by atoms with E-state index >= 15 is 0 Å². The molecule has 1 saturated heterocycles. The number of para-hydroxylation sites is 1. The van der Waals surface area contributed by atoms with Crippen molar-refractivity contribution in [2.75, 3.05) is 18.4 Å². The summed E-state index contributed by atoms with van der Waals surface area (Å²) in [7, 11) is 0. The number of likely N-dealkylation sites (tertiary alicyclic amines) is 1. The van der Waals surface area contributed by atoms with Gasteiger partial charge in [-0.15, -0.1) is 11.3 Å². The SMILES string of the molecule is CC1CCc2sc(C(=O)N3CCCC(C(=O)Nc4ccccc4)C3)cc2C1. The molecule has 4 rings (SSSR count). The van der Waals surface area contributed by atoms with Gasteiger partial charge in [0, 0.05) is 23.7 Å². The monoisotopic (exact) mass is 382 g/mol. The maximum Gasteiger partial charge on any atom is 0.263 e. The summed E-state index contributed by atoms with van der Waals surface area (Å²) < 4.78 is 0. The molecular weight excluding hydrogens is 356 g/mol. The van der Waals surface area contributed by atoms with Gasteiger partial charge in [-0.05, 0) is 61.8 Å². The number of aryl methyl sites for hydroxylation is 1. The number of piperidine rings is 1. The van der Waals surface area contributed by atoms with E-state index in [1.165, 1.54) is 16.9 Å². The molecule has 142 valence electrons. The second-order valence-corrected chi connectivity index (χ2v) is 8.99. The summed E-state index contributed by atoms with van der Waals surface area (Å²) in [5.41, 5.74) is 2.17. The molecule has 1 N–H and O–H groups in total. The molecule has 5 heteroatoms. The van der Waals surface area contributed by atoms with Crippen LogP contribution in [-0.2, 0) is 17.6 Å². The Morgan fingerprint density at radius 2 is 2.00 bits per heavy atom. The molecule has 27 heavy (non-hydrogen) atoms. The van der Waals surface area contributed by atoms with E-state index in [1.807, 2.05) is 35.2 Å². The summed E-state index contributed by atoms with van der Waals surface area (Å²) in [4.78, 5) is 29.8. The van der Waals surface area contributed by atoms with E-state index in [1.54, 1.807) is 11.3 Å². The number of rotatable bonds is 3. The van der Waals surface area contributed by atoms with Crippen LogP contribution in [0.4, 0.5) is 5.69 Å². The molecule has 0 saturated carbocycles. The highest BCUT2D eigenvalue weighted by Crippen LogP contribution is 2.33. The Morgan fingerprint density at radius 3 is 2.81 bits per heavy atom. The molecule has 0 bridgehead atoms. The van der Waals surface area contributed by atoms with E-state index in [2.05, 4.69) is 18.3 Å². The summed E-state index contributed by atoms with van der Waals surface area (Å²) in [6, 6.07) is 11.6. The zero-order valence-electron chi connectivity index (χ0n) is 15.7. The van der Waals surface area contributed by atoms with Crippen LogP contribution in [0, 0.1) is 11.8 Å². The molecular formula is C22H26N2O2S. The minimum atomic E-state index is -0.141. The summed E-state index contributed by atoms with van der Waals surface area (Å²) in [6.45, 7) is 3.53. The quantitative estimate of drug-likeness (QED) is 0.857. The van der Waals surface area contributed by atoms with Gasteiger partial charge >= 0.3 is 0 Å². The molecule has 1 aromatic carbocycles. The third kappa shape index (κ3) is 4.08. The number of hydrogen-bond donors (Lipinski definition) is 1. The standard InChI is InChI=1S/C22H26N2O2S/c1-15-9-10-19-17(12-15)13-20(27-19)22(26)24-11-5-6-16(14-24)21(25)23-18-7-3-2-4-8-18/h2-4,7-8,13,15-16H,5-6,9-12,14H2,1H3,(H,23,25). The van der Waals surface area contributed by atoms with Crippen LogP contribution in [0.5, 0.6) is 0 Å². The second kappa shape index (κ2) is 7.85. The highest BCUT2D eigenvalue weighted by atomic mass is 32.1. The van der Waals surface area contributed by atoms with Gasteiger partial charge in [0.15, 0.2) is 0 Å². The smallest absolute Gasteiger partial charge is 0.263 e. The van der Waals surface area contributed by atoms with Gasteiger partial charge < -0.3 is 10.2 Å². The first-order chi connectivity index (χ1) is 13.1. The van der Waals surface area contributed by atoms with Gasteiger partial charge in [-0.1, -0.05) is 25.1 Å². The molecule has 2 heterocycles. The Hall–Kier alpha value is -2.14. The molecule has 2 amide bonds. The van der Waals surface area contributed by atoms with Crippen molar-refractivity contribution in [1.29, 1.82) is 0 Å². The molecule has 2 unspecified atom stereocenters. The zero-order valence-corrected chi connectivity index (χ0v) is 16.6. The van der Waals surface area contributed by atoms with Crippen LogP contribution in [0.15, 0.2) is 36.4 Å². The maximum absolute atomic E-state index is 13.0. The van der Waals surface area contributed by atoms with E-state index in [0.717, 1.165) is 42.8 Å². The Kier molecular flexibility index (Phi) is 5.30. The number of carbonyl (C=O) groups is 2. The topological polar surface area (TPSA) is 49.4 Å². The molecule has 0 spiro atoms. The van der Waals surface area contributed by atoms with Gasteiger partial charge in [0.1, 0.15) is 0 Å². The Balaban J connectivity index is 1.42. The van der Waals surface area contributed by atoms with Gasteiger partial charge in [-0.2, -0.15) is 0 Å². The van der Waals surface area contributed by atoms with Crippen LogP contribution in [0.3, 0.4) is 0 Å². The number of thiophene rings is 1. The summed E-state index contributed by atoms with van der Waals surface area (Å²) in [5.74, 6) is 0.672. The molecule has 1 aliphatic carbocycles. The van der Waals surface area contributed by atoms with Gasteiger partial charge in [0.2, 0.25) is 5.91 Å². The fraction of sp³-hybridized carbons (Fsp3) is 0.455. The van der Waals surface area contributed by atoms with Crippen molar-refractivity contribution >= 4 is 28.8 Å². The predicted molar refractivity (Wildman–Crippen MR) is 109 cm³/mol. The minimum absolute atomic E-state index is 0.0120. The van der Waals surface area contributed by atoms with Crippen molar-refractivity contribution in [2.24, 2.45) is 11.8 Å². The number of fused-ring (bicyclic) bond motifs is 1. The number of nitrogens with one attached hydrogen (secondary N) is 1. The predicted octanol–water partition coefficient (Wildman–Crippen LogP) is 4.36. The highest BCUT2D eigenvalue weighted by Gasteiger charge is 2.30. The molecule has 4 nitrogen and oxygen atoms in total. The van der Waals surface area contributed by atoms with Crippen LogP contribution < -0.4 is 5.32 Å². The summed E-state index contributed by atoms with van der Waals surface area (Å²) in [6.07, 6.45) is 5.10. The maximum atomic E-state index is 13.0. The second-order valence-electron chi connectivity index (χ2n) is 7.85. The molecule has 0 radical (unpaired) electrons. The molecule has 2 aromatic rings. The molecule has 1 aliphatic heterocycles. The van der Waals surface area contributed by atoms with Gasteiger partial charge in [-0.3, -0.25) is 9.59 Å². The van der Waals surface area contributed by atoms with E-state index in [0.29, 0.717) is 12.5 Å². The normalized spacial score (nSPS) is 22.2. The average molecular weight is 383 g/mol. The van der Waals surface area contributed by atoms with E-state index in [4.69, 9.17) is 0 Å². The minimum Gasteiger partial charge on any atom is -0.337 e. The van der Waals surface area contributed by atoms with Crippen LogP contribution >= 0.6 is 11.3 Å². The Labute approximate surface area is 164 Å². The van der Waals surface area contributed by atoms with Crippen molar-refractivity contribution < 1.29 is 9.59 Å². The zero-order chi connectivity index (χ0) is 18.8. The molecule has 1 aromatic heterocycles. The number of hydrogen-bond acceptors (Lipinski definition) is 3. The van der Waals surface area contributed by atoms with Crippen LogP contribution in [-0.4, -0.2) is 29.8 Å². The largest absolute Gasteiger partial charge is 0.337 e. The fourth-order valence-corrected chi connectivity index (χ4v) is 5.28. The highest BCUT2D eigenvalue weighted by molar-refractivity contribution is 7.14. The van der Waals surface area contributed by atoms with Crippen molar-refractivity contribution in [3.8, 4) is 0 Å². The van der Waals surface area contributed by atoms with Crippen molar-refractivity contribution in [2.45, 2.75) is 39.0 Å². The molecule has 2 aliphatic rings. The summed E-state index contributed by atoms with van der Waals surface area (Å²) >= 11 is 1.66. The molecule has 2 atom stereocenters. The van der Waals surface area contributed by atoms with Gasteiger partial charge in [-0.25, -0.2) is 0 Å². The lowest BCUT2D eigenvalue weighted by Crippen LogP contribution is -2.43. The van der Waals surface area contributed by atoms with Gasteiger partial charge in [0.05, 0.1) is 10.8 Å². The average Bonchev–Trinajstić information content (AvgIpc) is 3.11. The van der Waals surface area contributed by atoms with Gasteiger partial charge in [0.25, 0.3) is 5.91 Å².